The van der Waals surface area contributed by atoms with Crippen molar-refractivity contribution in [1.82, 2.24) is 24.6 Å². The molecule has 2 aromatic heterocycles. The number of nitrogens with one attached hydrogen (secondary N) is 1. The van der Waals surface area contributed by atoms with Gasteiger partial charge in [-0.15, -0.1) is 0 Å². The first-order valence-corrected chi connectivity index (χ1v) is 8.20. The molecule has 3 heterocycles. The molecule has 0 bridgehead atoms. The molecule has 0 saturated carbocycles. The Kier molecular flexibility index (Phi) is 4.15. The van der Waals surface area contributed by atoms with Crippen molar-refractivity contribution in [2.24, 2.45) is 0 Å². The van der Waals surface area contributed by atoms with Gasteiger partial charge in [0.1, 0.15) is 5.75 Å². The highest BCUT2D eigenvalue weighted by Crippen LogP contribution is 2.31. The first-order valence-electron chi connectivity index (χ1n) is 8.20. The topological polar surface area (TPSA) is 54.7 Å². The molecule has 1 aliphatic heterocycles. The fourth-order valence-electron chi connectivity index (χ4n) is 3.40. The Hall–Kier alpha value is -2.44. The van der Waals surface area contributed by atoms with E-state index in [1.165, 1.54) is 11.3 Å². The number of rotatable bonds is 4. The Bertz CT molecular complexity index is 831. The molecule has 0 aliphatic carbocycles. The first-order chi connectivity index (χ1) is 11.9. The predicted molar refractivity (Wildman–Crippen MR) is 92.0 cm³/mol. The number of nitrogens with zero attached hydrogens (tertiary/aromatic N) is 4. The zero-order chi connectivity index (χ0) is 16.4. The van der Waals surface area contributed by atoms with Crippen LogP contribution < -0.4 is 10.1 Å². The lowest BCUT2D eigenvalue weighted by Crippen LogP contribution is -2.45. The van der Waals surface area contributed by atoms with Crippen molar-refractivity contribution in [3.8, 4) is 5.75 Å². The molecule has 1 fully saturated rings. The van der Waals surface area contributed by atoms with Crippen molar-refractivity contribution in [3.63, 3.8) is 0 Å². The maximum absolute atomic E-state index is 5.57. The van der Waals surface area contributed by atoms with Crippen LogP contribution in [-0.4, -0.2) is 46.0 Å². The van der Waals surface area contributed by atoms with Crippen LogP contribution in [0.2, 0.25) is 0 Å². The zero-order valence-electron chi connectivity index (χ0n) is 13.7. The van der Waals surface area contributed by atoms with Crippen LogP contribution in [0, 0.1) is 0 Å². The normalized spacial score (nSPS) is 18.8. The molecule has 1 aromatic carbocycles. The molecule has 0 amide bonds. The number of aromatic nitrogens is 3. The van der Waals surface area contributed by atoms with Crippen LogP contribution >= 0.6 is 0 Å². The van der Waals surface area contributed by atoms with Gasteiger partial charge in [0.25, 0.3) is 0 Å². The van der Waals surface area contributed by atoms with Gasteiger partial charge in [0.2, 0.25) is 0 Å². The number of imidazole rings is 1. The van der Waals surface area contributed by atoms with Crippen LogP contribution in [-0.2, 0) is 6.54 Å². The van der Waals surface area contributed by atoms with Gasteiger partial charge in [-0.25, -0.2) is 4.98 Å². The zero-order valence-corrected chi connectivity index (χ0v) is 13.7. The predicted octanol–water partition coefficient (Wildman–Crippen LogP) is 1.88. The fourth-order valence-corrected chi connectivity index (χ4v) is 3.40. The van der Waals surface area contributed by atoms with Crippen LogP contribution in [0.25, 0.3) is 5.65 Å². The van der Waals surface area contributed by atoms with Gasteiger partial charge in [-0.05, 0) is 6.07 Å². The van der Waals surface area contributed by atoms with Crippen LogP contribution in [0.15, 0.2) is 49.1 Å². The summed E-state index contributed by atoms with van der Waals surface area (Å²) in [5, 5.41) is 3.50. The number of methoxy groups -OCH3 is 1. The molecule has 1 unspecified atom stereocenters. The summed E-state index contributed by atoms with van der Waals surface area (Å²) < 4.78 is 7.68. The average molecular weight is 323 g/mol. The third-order valence-electron chi connectivity index (χ3n) is 4.61. The maximum Gasteiger partial charge on any atom is 0.155 e. The molecule has 1 aliphatic rings. The maximum atomic E-state index is 5.57. The van der Waals surface area contributed by atoms with Crippen molar-refractivity contribution in [2.75, 3.05) is 26.7 Å². The van der Waals surface area contributed by atoms with E-state index in [9.17, 15) is 0 Å². The molecule has 6 nitrogen and oxygen atoms in total. The SMILES string of the molecule is COc1ccccc1C1CNCCN1Cc1cnc2cnccn12. The number of hydrogen-bond acceptors (Lipinski definition) is 5. The summed E-state index contributed by atoms with van der Waals surface area (Å²) in [6.45, 7) is 3.74. The number of para-hydroxylation sites is 1. The van der Waals surface area contributed by atoms with Crippen LogP contribution in [0.5, 0.6) is 5.75 Å². The van der Waals surface area contributed by atoms with E-state index in [4.69, 9.17) is 4.74 Å². The minimum Gasteiger partial charge on any atom is -0.496 e. The molecule has 0 radical (unpaired) electrons. The molecular formula is C18H21N5O. The highest BCUT2D eigenvalue weighted by molar-refractivity contribution is 5.38. The van der Waals surface area contributed by atoms with Crippen molar-refractivity contribution >= 4 is 5.65 Å². The lowest BCUT2D eigenvalue weighted by molar-refractivity contribution is 0.149. The Morgan fingerprint density at radius 3 is 3.12 bits per heavy atom. The Balaban J connectivity index is 1.65. The van der Waals surface area contributed by atoms with Crippen LogP contribution in [0.4, 0.5) is 0 Å². The lowest BCUT2D eigenvalue weighted by atomic mass is 10.0. The minimum atomic E-state index is 0.280. The monoisotopic (exact) mass is 323 g/mol. The van der Waals surface area contributed by atoms with Gasteiger partial charge >= 0.3 is 0 Å². The van der Waals surface area contributed by atoms with E-state index in [-0.39, 0.29) is 6.04 Å². The molecule has 124 valence electrons. The van der Waals surface area contributed by atoms with E-state index in [1.807, 2.05) is 24.5 Å². The number of ether oxygens (including phenoxy) is 1. The fraction of sp³-hybridized carbons (Fsp3) is 0.333. The molecule has 6 heteroatoms. The Morgan fingerprint density at radius 2 is 2.21 bits per heavy atom. The van der Waals surface area contributed by atoms with Gasteiger partial charge in [-0.2, -0.15) is 0 Å². The van der Waals surface area contributed by atoms with Crippen LogP contribution in [0.3, 0.4) is 0 Å². The van der Waals surface area contributed by atoms with Gasteiger partial charge in [-0.3, -0.25) is 14.3 Å². The molecule has 24 heavy (non-hydrogen) atoms. The summed E-state index contributed by atoms with van der Waals surface area (Å²) in [6, 6.07) is 8.55. The molecule has 0 spiro atoms. The largest absolute Gasteiger partial charge is 0.496 e. The standard InChI is InChI=1S/C18H21N5O/c1-24-17-5-3-2-4-15(17)16-11-19-6-8-22(16)13-14-10-21-18-12-20-7-9-23(14)18/h2-5,7,9-10,12,16,19H,6,8,11,13H2,1H3. The van der Waals surface area contributed by atoms with E-state index < -0.39 is 0 Å². The van der Waals surface area contributed by atoms with Gasteiger partial charge in [0.15, 0.2) is 5.65 Å². The van der Waals surface area contributed by atoms with Crippen LogP contribution in [0.1, 0.15) is 17.3 Å². The second-order valence-electron chi connectivity index (χ2n) is 5.99. The molecule has 1 saturated heterocycles. The molecule has 1 atom stereocenters. The smallest absolute Gasteiger partial charge is 0.155 e. The number of benzene rings is 1. The molecule has 3 aromatic rings. The van der Waals surface area contributed by atoms with Crippen molar-refractivity contribution in [3.05, 3.63) is 60.3 Å². The summed E-state index contributed by atoms with van der Waals surface area (Å²) in [6.07, 6.45) is 7.50. The van der Waals surface area contributed by atoms with E-state index in [1.54, 1.807) is 19.5 Å². The molecule has 1 N–H and O–H groups in total. The molecule has 4 rings (SSSR count). The van der Waals surface area contributed by atoms with E-state index in [0.29, 0.717) is 0 Å². The highest BCUT2D eigenvalue weighted by Gasteiger charge is 2.26. The van der Waals surface area contributed by atoms with Gasteiger partial charge < -0.3 is 10.1 Å². The third-order valence-corrected chi connectivity index (χ3v) is 4.61. The van der Waals surface area contributed by atoms with Gasteiger partial charge in [-0.1, -0.05) is 18.2 Å². The number of hydrogen-bond donors (Lipinski definition) is 1. The molecular weight excluding hydrogens is 302 g/mol. The number of fused-ring (bicyclic) bond motifs is 1. The summed E-state index contributed by atoms with van der Waals surface area (Å²) in [7, 11) is 1.73. The van der Waals surface area contributed by atoms with Crippen molar-refractivity contribution in [2.45, 2.75) is 12.6 Å². The third kappa shape index (κ3) is 2.74. The summed E-state index contributed by atoms with van der Waals surface area (Å²) in [5.74, 6) is 0.943. The minimum absolute atomic E-state index is 0.280. The van der Waals surface area contributed by atoms with E-state index in [0.717, 1.165) is 37.6 Å². The summed E-state index contributed by atoms with van der Waals surface area (Å²) in [5.41, 5.74) is 3.29. The summed E-state index contributed by atoms with van der Waals surface area (Å²) in [4.78, 5) is 11.1. The van der Waals surface area contributed by atoms with Gasteiger partial charge in [0.05, 0.1) is 31.2 Å². The first kappa shape index (κ1) is 15.1. The Labute approximate surface area is 141 Å². The summed E-state index contributed by atoms with van der Waals surface area (Å²) >= 11 is 0. The van der Waals surface area contributed by atoms with Gasteiger partial charge in [0, 0.05) is 44.1 Å². The quantitative estimate of drug-likeness (QED) is 0.794. The lowest BCUT2D eigenvalue weighted by Gasteiger charge is -2.36. The average Bonchev–Trinajstić information content (AvgIpc) is 3.05. The van der Waals surface area contributed by atoms with E-state index in [2.05, 4.69) is 36.7 Å². The highest BCUT2D eigenvalue weighted by atomic mass is 16.5. The number of piperazine rings is 1. The second-order valence-corrected chi connectivity index (χ2v) is 5.99. The van der Waals surface area contributed by atoms with Crippen molar-refractivity contribution < 1.29 is 4.74 Å². The second kappa shape index (κ2) is 6.59. The Morgan fingerprint density at radius 1 is 1.29 bits per heavy atom. The van der Waals surface area contributed by atoms with E-state index >= 15 is 0 Å². The van der Waals surface area contributed by atoms with Crippen molar-refractivity contribution in [1.29, 1.82) is 0 Å².